The van der Waals surface area contributed by atoms with Crippen LogP contribution in [0.15, 0.2) is 77.4 Å². The molecule has 3 aromatic rings. The number of aryl methyl sites for hydroxylation is 1. The van der Waals surface area contributed by atoms with E-state index in [9.17, 15) is 14.4 Å². The van der Waals surface area contributed by atoms with E-state index in [0.29, 0.717) is 11.3 Å². The number of imide groups is 1. The van der Waals surface area contributed by atoms with Crippen LogP contribution < -0.4 is 5.43 Å². The lowest BCUT2D eigenvalue weighted by Gasteiger charge is -2.27. The van der Waals surface area contributed by atoms with Gasteiger partial charge in [-0.25, -0.2) is 14.7 Å². The molecule has 29 heavy (non-hydrogen) atoms. The first kappa shape index (κ1) is 18.5. The molecule has 0 unspecified atom stereocenters. The third-order valence-corrected chi connectivity index (χ3v) is 4.83. The number of nitrogens with zero attached hydrogens (tertiary/aromatic N) is 2. The molecule has 0 atom stereocenters. The van der Waals surface area contributed by atoms with Crippen LogP contribution in [0.3, 0.4) is 0 Å². The third kappa shape index (κ3) is 3.50. The maximum atomic E-state index is 13.1. The number of amides is 4. The Morgan fingerprint density at radius 1 is 0.966 bits per heavy atom. The highest BCUT2D eigenvalue weighted by Crippen LogP contribution is 2.31. The van der Waals surface area contributed by atoms with Crippen molar-refractivity contribution in [3.8, 4) is 0 Å². The maximum absolute atomic E-state index is 13.1. The van der Waals surface area contributed by atoms with Crippen LogP contribution in [0.1, 0.15) is 33.3 Å². The molecule has 7 nitrogen and oxygen atoms in total. The molecule has 0 radical (unpaired) electrons. The fourth-order valence-electron chi connectivity index (χ4n) is 3.42. The van der Waals surface area contributed by atoms with Crippen molar-refractivity contribution >= 4 is 17.8 Å². The summed E-state index contributed by atoms with van der Waals surface area (Å²) in [4.78, 5) is 39.5. The van der Waals surface area contributed by atoms with Crippen molar-refractivity contribution in [2.75, 3.05) is 6.54 Å². The van der Waals surface area contributed by atoms with Gasteiger partial charge in [0.15, 0.2) is 0 Å². The van der Waals surface area contributed by atoms with E-state index in [1.165, 1.54) is 17.2 Å². The van der Waals surface area contributed by atoms with Crippen LogP contribution in [-0.4, -0.2) is 34.3 Å². The number of carbonyl (C=O) groups is 3. The minimum Gasteiger partial charge on any atom is -0.469 e. The summed E-state index contributed by atoms with van der Waals surface area (Å²) < 4.78 is 5.13. The fourth-order valence-corrected chi connectivity index (χ4v) is 3.42. The quantitative estimate of drug-likeness (QED) is 0.679. The molecule has 0 saturated carbocycles. The topological polar surface area (TPSA) is 82.9 Å². The Hall–Kier alpha value is -3.87. The molecule has 2 heterocycles. The van der Waals surface area contributed by atoms with E-state index < -0.39 is 23.9 Å². The summed E-state index contributed by atoms with van der Waals surface area (Å²) in [5, 5.41) is 1.04. The molecular formula is C22H19N3O4. The summed E-state index contributed by atoms with van der Waals surface area (Å²) in [5.74, 6) is -0.462. The van der Waals surface area contributed by atoms with E-state index in [1.54, 1.807) is 6.92 Å². The zero-order valence-electron chi connectivity index (χ0n) is 15.7. The second-order valence-corrected chi connectivity index (χ2v) is 6.69. The molecule has 2 aromatic carbocycles. The van der Waals surface area contributed by atoms with Gasteiger partial charge >= 0.3 is 6.03 Å². The van der Waals surface area contributed by atoms with E-state index in [0.717, 1.165) is 16.1 Å². The molecule has 7 heteroatoms. The predicted molar refractivity (Wildman–Crippen MR) is 105 cm³/mol. The van der Waals surface area contributed by atoms with Crippen LogP contribution in [0.2, 0.25) is 0 Å². The molecule has 1 saturated heterocycles. The molecular weight excluding hydrogens is 370 g/mol. The summed E-state index contributed by atoms with van der Waals surface area (Å²) in [6.45, 7) is 1.41. The molecule has 146 valence electrons. The van der Waals surface area contributed by atoms with Gasteiger partial charge in [0, 0.05) is 0 Å². The highest BCUT2D eigenvalue weighted by molar-refractivity contribution is 6.04. The van der Waals surface area contributed by atoms with Gasteiger partial charge < -0.3 is 4.42 Å². The summed E-state index contributed by atoms with van der Waals surface area (Å²) >= 11 is 0. The summed E-state index contributed by atoms with van der Waals surface area (Å²) in [6.07, 6.45) is 1.40. The zero-order valence-corrected chi connectivity index (χ0v) is 15.7. The molecule has 0 spiro atoms. The smallest absolute Gasteiger partial charge is 0.346 e. The number of hydrogen-bond donors (Lipinski definition) is 1. The van der Waals surface area contributed by atoms with Gasteiger partial charge in [0.25, 0.3) is 11.8 Å². The lowest BCUT2D eigenvalue weighted by molar-refractivity contribution is -0.126. The number of furan rings is 1. The first-order valence-corrected chi connectivity index (χ1v) is 9.15. The second-order valence-electron chi connectivity index (χ2n) is 6.69. The highest BCUT2D eigenvalue weighted by atomic mass is 16.3. The SMILES string of the molecule is Cc1occc1C(=O)NN1CC(=O)N(C(c2ccccc2)c2ccccc2)C1=O. The molecule has 1 fully saturated rings. The minimum atomic E-state index is -0.588. The number of urea groups is 1. The van der Waals surface area contributed by atoms with Crippen molar-refractivity contribution < 1.29 is 18.8 Å². The van der Waals surface area contributed by atoms with Crippen molar-refractivity contribution in [2.45, 2.75) is 13.0 Å². The van der Waals surface area contributed by atoms with Gasteiger partial charge in [0.1, 0.15) is 12.3 Å². The van der Waals surface area contributed by atoms with Gasteiger partial charge in [-0.1, -0.05) is 60.7 Å². The molecule has 1 aliphatic heterocycles. The van der Waals surface area contributed by atoms with Crippen LogP contribution in [0.5, 0.6) is 0 Å². The first-order valence-electron chi connectivity index (χ1n) is 9.15. The third-order valence-electron chi connectivity index (χ3n) is 4.83. The lowest BCUT2D eigenvalue weighted by Crippen LogP contribution is -2.45. The van der Waals surface area contributed by atoms with Crippen molar-refractivity contribution in [3.63, 3.8) is 0 Å². The largest absolute Gasteiger partial charge is 0.469 e. The maximum Gasteiger partial charge on any atom is 0.346 e. The van der Waals surface area contributed by atoms with E-state index in [1.807, 2.05) is 60.7 Å². The van der Waals surface area contributed by atoms with Crippen molar-refractivity contribution in [3.05, 3.63) is 95.4 Å². The zero-order chi connectivity index (χ0) is 20.4. The highest BCUT2D eigenvalue weighted by Gasteiger charge is 2.42. The van der Waals surface area contributed by atoms with E-state index in [4.69, 9.17) is 4.42 Å². The fraction of sp³-hybridized carbons (Fsp3) is 0.136. The van der Waals surface area contributed by atoms with Crippen molar-refractivity contribution in [1.29, 1.82) is 0 Å². The van der Waals surface area contributed by atoms with Crippen LogP contribution >= 0.6 is 0 Å². The summed E-state index contributed by atoms with van der Waals surface area (Å²) in [5.41, 5.74) is 4.43. The normalized spacial score (nSPS) is 14.0. The van der Waals surface area contributed by atoms with Crippen LogP contribution in [0.4, 0.5) is 4.79 Å². The Bertz CT molecular complexity index is 1010. The van der Waals surface area contributed by atoms with Crippen LogP contribution in [0, 0.1) is 6.92 Å². The van der Waals surface area contributed by atoms with Gasteiger partial charge in [-0.3, -0.25) is 15.0 Å². The molecule has 0 aliphatic carbocycles. The predicted octanol–water partition coefficient (Wildman–Crippen LogP) is 3.29. The Kier molecular flexibility index (Phi) is 4.87. The standard InChI is InChI=1S/C22H19N3O4/c1-15-18(12-13-29-15)21(27)23-24-14-19(26)25(22(24)28)20(16-8-4-2-5-9-16)17-10-6-3-7-11-17/h2-13,20H,14H2,1H3,(H,23,27). The number of rotatable bonds is 5. The van der Waals surface area contributed by atoms with Crippen molar-refractivity contribution in [1.82, 2.24) is 15.3 Å². The van der Waals surface area contributed by atoms with Gasteiger partial charge in [-0.2, -0.15) is 0 Å². The lowest BCUT2D eigenvalue weighted by atomic mass is 9.97. The Balaban J connectivity index is 1.64. The van der Waals surface area contributed by atoms with Gasteiger partial charge in [-0.05, 0) is 24.1 Å². The van der Waals surface area contributed by atoms with Crippen molar-refractivity contribution in [2.24, 2.45) is 0 Å². The van der Waals surface area contributed by atoms with E-state index in [2.05, 4.69) is 5.43 Å². The number of nitrogens with one attached hydrogen (secondary N) is 1. The minimum absolute atomic E-state index is 0.238. The Morgan fingerprint density at radius 2 is 1.55 bits per heavy atom. The molecule has 4 amide bonds. The monoisotopic (exact) mass is 389 g/mol. The second kappa shape index (κ2) is 7.63. The average molecular weight is 389 g/mol. The molecule has 0 bridgehead atoms. The average Bonchev–Trinajstić information content (AvgIpc) is 3.28. The molecule has 1 aromatic heterocycles. The molecule has 1 N–H and O–H groups in total. The number of benzene rings is 2. The van der Waals surface area contributed by atoms with Crippen LogP contribution in [-0.2, 0) is 4.79 Å². The van der Waals surface area contributed by atoms with E-state index >= 15 is 0 Å². The summed E-state index contributed by atoms with van der Waals surface area (Å²) in [7, 11) is 0. The van der Waals surface area contributed by atoms with Gasteiger partial charge in [0.05, 0.1) is 17.9 Å². The van der Waals surface area contributed by atoms with Gasteiger partial charge in [-0.15, -0.1) is 0 Å². The number of hydrogen-bond acceptors (Lipinski definition) is 4. The number of carbonyl (C=O) groups excluding carboxylic acids is 3. The number of hydrazine groups is 1. The van der Waals surface area contributed by atoms with Crippen LogP contribution in [0.25, 0.3) is 0 Å². The Morgan fingerprint density at radius 3 is 2.07 bits per heavy atom. The van der Waals surface area contributed by atoms with E-state index in [-0.39, 0.29) is 6.54 Å². The molecule has 4 rings (SSSR count). The Labute approximate surface area is 167 Å². The molecule has 1 aliphatic rings. The first-order chi connectivity index (χ1) is 14.1. The van der Waals surface area contributed by atoms with Gasteiger partial charge in [0.2, 0.25) is 0 Å². The summed E-state index contributed by atoms with van der Waals surface area (Å²) in [6, 6.07) is 19.0.